The van der Waals surface area contributed by atoms with E-state index in [-0.39, 0.29) is 18.8 Å². The number of barbiturate groups is 1. The molecule has 0 atom stereocenters. The minimum absolute atomic E-state index is 0.217. The number of imide groups is 2. The predicted molar refractivity (Wildman–Crippen MR) is 139 cm³/mol. The highest BCUT2D eigenvalue weighted by atomic mass is 16.6. The maximum absolute atomic E-state index is 13.4. The molecule has 1 aliphatic heterocycles. The SMILES string of the molecule is C=CCc1cc(/C=C2\C(=O)NC(=O)N(c3cc(C)cc(C)c3)C2=O)cc(OCC)c1OCC(=O)OCC. The first-order valence-corrected chi connectivity index (χ1v) is 11.9. The number of urea groups is 1. The van der Waals surface area contributed by atoms with Crippen molar-refractivity contribution in [3.8, 4) is 11.5 Å². The summed E-state index contributed by atoms with van der Waals surface area (Å²) in [6, 6.07) is 7.80. The van der Waals surface area contributed by atoms with E-state index in [1.165, 1.54) is 6.08 Å². The highest BCUT2D eigenvalue weighted by molar-refractivity contribution is 6.39. The van der Waals surface area contributed by atoms with Crippen molar-refractivity contribution in [2.45, 2.75) is 34.1 Å². The van der Waals surface area contributed by atoms with Crippen LogP contribution in [0, 0.1) is 13.8 Å². The summed E-state index contributed by atoms with van der Waals surface area (Å²) in [5, 5.41) is 2.24. The lowest BCUT2D eigenvalue weighted by atomic mass is 10.0. The number of esters is 1. The Morgan fingerprint density at radius 3 is 2.32 bits per heavy atom. The van der Waals surface area contributed by atoms with Gasteiger partial charge in [0.1, 0.15) is 5.57 Å². The minimum Gasteiger partial charge on any atom is -0.490 e. The summed E-state index contributed by atoms with van der Waals surface area (Å²) in [5.74, 6) is -1.42. The van der Waals surface area contributed by atoms with Crippen molar-refractivity contribution in [2.75, 3.05) is 24.7 Å². The predicted octanol–water partition coefficient (Wildman–Crippen LogP) is 4.04. The molecule has 0 unspecified atom stereocenters. The molecule has 0 aromatic heterocycles. The average Bonchev–Trinajstić information content (AvgIpc) is 2.81. The Morgan fingerprint density at radius 2 is 1.70 bits per heavy atom. The zero-order chi connectivity index (χ0) is 27.1. The van der Waals surface area contributed by atoms with Crippen LogP contribution in [-0.2, 0) is 25.5 Å². The zero-order valence-electron chi connectivity index (χ0n) is 21.4. The summed E-state index contributed by atoms with van der Waals surface area (Å²) in [5.41, 5.74) is 2.98. The van der Waals surface area contributed by atoms with Gasteiger partial charge >= 0.3 is 12.0 Å². The molecule has 0 spiro atoms. The molecule has 1 heterocycles. The van der Waals surface area contributed by atoms with Gasteiger partial charge in [-0.2, -0.15) is 0 Å². The normalized spacial score (nSPS) is 14.4. The van der Waals surface area contributed by atoms with Crippen LogP contribution in [0.5, 0.6) is 11.5 Å². The molecule has 3 rings (SSSR count). The van der Waals surface area contributed by atoms with Crippen LogP contribution in [0.1, 0.15) is 36.1 Å². The number of hydrogen-bond donors (Lipinski definition) is 1. The monoisotopic (exact) mass is 506 g/mol. The van der Waals surface area contributed by atoms with Crippen molar-refractivity contribution in [3.05, 3.63) is 70.8 Å². The molecule has 0 saturated carbocycles. The van der Waals surface area contributed by atoms with Crippen LogP contribution in [0.15, 0.2) is 48.6 Å². The molecule has 2 aromatic carbocycles. The molecular weight excluding hydrogens is 476 g/mol. The van der Waals surface area contributed by atoms with Crippen LogP contribution in [0.2, 0.25) is 0 Å². The highest BCUT2D eigenvalue weighted by Crippen LogP contribution is 2.35. The highest BCUT2D eigenvalue weighted by Gasteiger charge is 2.37. The third kappa shape index (κ3) is 6.43. The second-order valence-corrected chi connectivity index (χ2v) is 8.33. The van der Waals surface area contributed by atoms with Gasteiger partial charge < -0.3 is 14.2 Å². The smallest absolute Gasteiger partial charge is 0.344 e. The number of benzene rings is 2. The molecule has 2 aromatic rings. The van der Waals surface area contributed by atoms with Gasteiger partial charge in [0.2, 0.25) is 0 Å². The third-order valence-electron chi connectivity index (χ3n) is 5.34. The van der Waals surface area contributed by atoms with Gasteiger partial charge in [0.15, 0.2) is 18.1 Å². The maximum Gasteiger partial charge on any atom is 0.344 e. The molecule has 1 fully saturated rings. The number of anilines is 1. The van der Waals surface area contributed by atoms with E-state index in [0.29, 0.717) is 41.3 Å². The van der Waals surface area contributed by atoms with Gasteiger partial charge in [0, 0.05) is 5.56 Å². The van der Waals surface area contributed by atoms with Crippen LogP contribution >= 0.6 is 0 Å². The van der Waals surface area contributed by atoms with Crippen molar-refractivity contribution in [2.24, 2.45) is 0 Å². The van der Waals surface area contributed by atoms with Crippen LogP contribution < -0.4 is 19.7 Å². The number of aryl methyl sites for hydroxylation is 2. The maximum atomic E-state index is 13.4. The molecule has 1 N–H and O–H groups in total. The van der Waals surface area contributed by atoms with Crippen LogP contribution in [-0.4, -0.2) is 43.6 Å². The number of amides is 4. The molecule has 37 heavy (non-hydrogen) atoms. The first-order valence-electron chi connectivity index (χ1n) is 11.9. The van der Waals surface area contributed by atoms with Gasteiger partial charge in [0.25, 0.3) is 11.8 Å². The van der Waals surface area contributed by atoms with Gasteiger partial charge in [-0.1, -0.05) is 12.1 Å². The number of hydrogen-bond acceptors (Lipinski definition) is 7. The molecule has 4 amide bonds. The van der Waals surface area contributed by atoms with E-state index in [0.717, 1.165) is 16.0 Å². The van der Waals surface area contributed by atoms with E-state index in [4.69, 9.17) is 14.2 Å². The first kappa shape index (κ1) is 27.2. The topological polar surface area (TPSA) is 111 Å². The summed E-state index contributed by atoms with van der Waals surface area (Å²) in [6.07, 6.45) is 3.41. The molecule has 9 nitrogen and oxygen atoms in total. The minimum atomic E-state index is -0.817. The summed E-state index contributed by atoms with van der Waals surface area (Å²) in [7, 11) is 0. The fourth-order valence-electron chi connectivity index (χ4n) is 3.97. The fourth-order valence-corrected chi connectivity index (χ4v) is 3.97. The van der Waals surface area contributed by atoms with E-state index < -0.39 is 23.8 Å². The molecule has 1 saturated heterocycles. The number of nitrogens with zero attached hydrogens (tertiary/aromatic N) is 1. The Balaban J connectivity index is 2.05. The molecule has 0 bridgehead atoms. The molecular formula is C28H30N2O7. The van der Waals surface area contributed by atoms with E-state index >= 15 is 0 Å². The Morgan fingerprint density at radius 1 is 1.00 bits per heavy atom. The van der Waals surface area contributed by atoms with E-state index in [9.17, 15) is 19.2 Å². The Kier molecular flexibility index (Phi) is 8.84. The van der Waals surface area contributed by atoms with Crippen LogP contribution in [0.4, 0.5) is 10.5 Å². The Labute approximate surface area is 215 Å². The van der Waals surface area contributed by atoms with Crippen LogP contribution in [0.25, 0.3) is 6.08 Å². The molecule has 9 heteroatoms. The standard InChI is InChI=1S/C28H30N2O7/c1-6-9-20-13-19(15-23(35-7-2)25(20)37-16-24(31)36-8-3)14-22-26(32)29-28(34)30(27(22)33)21-11-17(4)10-18(5)12-21/h6,10-15H,1,7-9,16H2,2-5H3,(H,29,32,34)/b22-14+. The summed E-state index contributed by atoms with van der Waals surface area (Å²) < 4.78 is 16.4. The molecule has 0 radical (unpaired) electrons. The third-order valence-corrected chi connectivity index (χ3v) is 5.34. The van der Waals surface area contributed by atoms with Gasteiger partial charge in [-0.15, -0.1) is 6.58 Å². The van der Waals surface area contributed by atoms with Crippen molar-refractivity contribution in [1.29, 1.82) is 0 Å². The second kappa shape index (κ2) is 12.0. The van der Waals surface area contributed by atoms with E-state index in [2.05, 4.69) is 11.9 Å². The van der Waals surface area contributed by atoms with E-state index in [1.807, 2.05) is 19.9 Å². The molecule has 0 aliphatic carbocycles. The van der Waals surface area contributed by atoms with Crippen molar-refractivity contribution >= 4 is 35.6 Å². The lowest BCUT2D eigenvalue weighted by Crippen LogP contribution is -2.54. The number of nitrogens with one attached hydrogen (secondary N) is 1. The number of carbonyl (C=O) groups excluding carboxylic acids is 4. The number of ether oxygens (including phenoxy) is 3. The number of allylic oxidation sites excluding steroid dienone is 1. The summed E-state index contributed by atoms with van der Waals surface area (Å²) >= 11 is 0. The Hall–Kier alpha value is -4.40. The van der Waals surface area contributed by atoms with Crippen molar-refractivity contribution < 1.29 is 33.4 Å². The van der Waals surface area contributed by atoms with Gasteiger partial charge in [-0.25, -0.2) is 14.5 Å². The van der Waals surface area contributed by atoms with Crippen molar-refractivity contribution in [3.63, 3.8) is 0 Å². The first-order chi connectivity index (χ1) is 17.7. The lowest BCUT2D eigenvalue weighted by molar-refractivity contribution is -0.145. The fraction of sp³-hybridized carbons (Fsp3) is 0.286. The quantitative estimate of drug-likeness (QED) is 0.224. The van der Waals surface area contributed by atoms with Crippen LogP contribution in [0.3, 0.4) is 0 Å². The van der Waals surface area contributed by atoms with Crippen molar-refractivity contribution in [1.82, 2.24) is 5.32 Å². The number of rotatable bonds is 10. The largest absolute Gasteiger partial charge is 0.490 e. The van der Waals surface area contributed by atoms with Gasteiger partial charge in [-0.3, -0.25) is 14.9 Å². The molecule has 1 aliphatic rings. The van der Waals surface area contributed by atoms with Gasteiger partial charge in [0.05, 0.1) is 18.9 Å². The zero-order valence-corrected chi connectivity index (χ0v) is 21.4. The lowest BCUT2D eigenvalue weighted by Gasteiger charge is -2.27. The second-order valence-electron chi connectivity index (χ2n) is 8.33. The average molecular weight is 507 g/mol. The summed E-state index contributed by atoms with van der Waals surface area (Å²) in [4.78, 5) is 51.4. The number of carbonyl (C=O) groups is 4. The molecule has 194 valence electrons. The Bertz CT molecular complexity index is 1260. The van der Waals surface area contributed by atoms with E-state index in [1.54, 1.807) is 44.2 Å². The summed E-state index contributed by atoms with van der Waals surface area (Å²) in [6.45, 7) is 11.2. The van der Waals surface area contributed by atoms with Gasteiger partial charge in [-0.05, 0) is 81.1 Å².